The SMILES string of the molecule is CN(Cc1ccc(OCC(=O)O)cc1)S(=O)(=O)c1cccs1. The Kier molecular flexibility index (Phi) is 5.17. The first kappa shape index (κ1) is 16.5. The Morgan fingerprint density at radius 3 is 2.50 bits per heavy atom. The van der Waals surface area contributed by atoms with Crippen LogP contribution >= 0.6 is 11.3 Å². The number of nitrogens with zero attached hydrogens (tertiary/aromatic N) is 1. The standard InChI is InChI=1S/C14H15NO5S2/c1-15(22(18,19)14-3-2-8-21-14)9-11-4-6-12(7-5-11)20-10-13(16)17/h2-8H,9-10H2,1H3,(H,16,17). The summed E-state index contributed by atoms with van der Waals surface area (Å²) >= 11 is 1.18. The first-order valence-corrected chi connectivity index (χ1v) is 8.65. The Hall–Kier alpha value is -1.90. The zero-order valence-corrected chi connectivity index (χ0v) is 13.4. The van der Waals surface area contributed by atoms with Gasteiger partial charge in [-0.25, -0.2) is 13.2 Å². The number of hydrogen-bond donors (Lipinski definition) is 1. The lowest BCUT2D eigenvalue weighted by Gasteiger charge is -2.16. The van der Waals surface area contributed by atoms with E-state index in [1.54, 1.807) is 41.8 Å². The van der Waals surface area contributed by atoms with Crippen molar-refractivity contribution in [1.29, 1.82) is 0 Å². The summed E-state index contributed by atoms with van der Waals surface area (Å²) in [4.78, 5) is 10.4. The quantitative estimate of drug-likeness (QED) is 0.833. The summed E-state index contributed by atoms with van der Waals surface area (Å²) in [6, 6.07) is 9.91. The minimum atomic E-state index is -3.48. The summed E-state index contributed by atoms with van der Waals surface area (Å²) in [5.41, 5.74) is 0.783. The second-order valence-electron chi connectivity index (χ2n) is 4.52. The topological polar surface area (TPSA) is 83.9 Å². The normalized spacial score (nSPS) is 11.5. The van der Waals surface area contributed by atoms with Crippen LogP contribution in [0.2, 0.25) is 0 Å². The number of hydrogen-bond acceptors (Lipinski definition) is 5. The van der Waals surface area contributed by atoms with Crippen molar-refractivity contribution >= 4 is 27.3 Å². The summed E-state index contributed by atoms with van der Waals surface area (Å²) in [6.45, 7) is -0.189. The van der Waals surface area contributed by atoms with E-state index in [1.165, 1.54) is 22.7 Å². The third-order valence-electron chi connectivity index (χ3n) is 2.85. The van der Waals surface area contributed by atoms with Gasteiger partial charge in [-0.3, -0.25) is 0 Å². The summed E-state index contributed by atoms with van der Waals surface area (Å²) in [6.07, 6.45) is 0. The predicted octanol–water partition coefficient (Wildman–Crippen LogP) is 2.03. The van der Waals surface area contributed by atoms with Gasteiger partial charge < -0.3 is 9.84 Å². The van der Waals surface area contributed by atoms with Crippen LogP contribution in [0.3, 0.4) is 0 Å². The summed E-state index contributed by atoms with van der Waals surface area (Å²) in [7, 11) is -1.96. The van der Waals surface area contributed by atoms with E-state index in [0.717, 1.165) is 5.56 Å². The van der Waals surface area contributed by atoms with Gasteiger partial charge in [0.25, 0.3) is 10.0 Å². The molecular formula is C14H15NO5S2. The molecule has 0 saturated carbocycles. The van der Waals surface area contributed by atoms with Gasteiger partial charge in [-0.15, -0.1) is 11.3 Å². The Balaban J connectivity index is 2.03. The zero-order valence-electron chi connectivity index (χ0n) is 11.8. The predicted molar refractivity (Wildman–Crippen MR) is 82.5 cm³/mol. The summed E-state index contributed by atoms with van der Waals surface area (Å²) in [5.74, 6) is -0.624. The van der Waals surface area contributed by atoms with Crippen molar-refractivity contribution in [2.24, 2.45) is 0 Å². The first-order valence-electron chi connectivity index (χ1n) is 6.33. The molecular weight excluding hydrogens is 326 g/mol. The van der Waals surface area contributed by atoms with E-state index < -0.39 is 22.6 Å². The molecule has 0 unspecified atom stereocenters. The number of thiophene rings is 1. The monoisotopic (exact) mass is 341 g/mol. The fourth-order valence-electron chi connectivity index (χ4n) is 1.74. The molecule has 1 aromatic heterocycles. The van der Waals surface area contributed by atoms with Gasteiger partial charge in [0.1, 0.15) is 9.96 Å². The molecule has 2 aromatic rings. The lowest BCUT2D eigenvalue weighted by Crippen LogP contribution is -2.25. The minimum absolute atomic E-state index is 0.222. The number of sulfonamides is 1. The smallest absolute Gasteiger partial charge is 0.341 e. The highest BCUT2D eigenvalue weighted by Crippen LogP contribution is 2.22. The second-order valence-corrected chi connectivity index (χ2v) is 7.74. The molecule has 0 aliphatic heterocycles. The molecule has 6 nitrogen and oxygen atoms in total. The van der Waals surface area contributed by atoms with Crippen molar-refractivity contribution in [3.05, 3.63) is 47.3 Å². The van der Waals surface area contributed by atoms with Crippen LogP contribution in [-0.2, 0) is 21.4 Å². The molecule has 8 heteroatoms. The average molecular weight is 341 g/mol. The molecule has 1 aromatic carbocycles. The van der Waals surface area contributed by atoms with Gasteiger partial charge in [-0.1, -0.05) is 18.2 Å². The van der Waals surface area contributed by atoms with Crippen molar-refractivity contribution in [1.82, 2.24) is 4.31 Å². The largest absolute Gasteiger partial charge is 0.482 e. The first-order chi connectivity index (χ1) is 10.4. The highest BCUT2D eigenvalue weighted by atomic mass is 32.2. The van der Waals surface area contributed by atoms with Gasteiger partial charge >= 0.3 is 5.97 Å². The van der Waals surface area contributed by atoms with E-state index in [4.69, 9.17) is 9.84 Å². The fourth-order valence-corrected chi connectivity index (χ4v) is 4.10. The van der Waals surface area contributed by atoms with E-state index >= 15 is 0 Å². The van der Waals surface area contributed by atoms with E-state index in [0.29, 0.717) is 9.96 Å². The molecule has 0 saturated heterocycles. The third-order valence-corrected chi connectivity index (χ3v) is 6.03. The molecule has 0 aliphatic carbocycles. The Morgan fingerprint density at radius 2 is 1.95 bits per heavy atom. The second kappa shape index (κ2) is 6.91. The summed E-state index contributed by atoms with van der Waals surface area (Å²) in [5, 5.41) is 10.2. The Labute approximate surface area is 132 Å². The van der Waals surface area contributed by atoms with Crippen LogP contribution in [0, 0.1) is 0 Å². The van der Waals surface area contributed by atoms with Gasteiger partial charge in [0.15, 0.2) is 6.61 Å². The molecule has 22 heavy (non-hydrogen) atoms. The number of carboxylic acid groups (broad SMARTS) is 1. The maximum atomic E-state index is 12.3. The number of benzene rings is 1. The minimum Gasteiger partial charge on any atom is -0.482 e. The number of carboxylic acids is 1. The van der Waals surface area contributed by atoms with Crippen molar-refractivity contribution in [3.63, 3.8) is 0 Å². The number of rotatable bonds is 7. The Morgan fingerprint density at radius 1 is 1.27 bits per heavy atom. The van der Waals surface area contributed by atoms with Crippen molar-refractivity contribution in [3.8, 4) is 5.75 Å². The molecule has 1 heterocycles. The van der Waals surface area contributed by atoms with E-state index in [-0.39, 0.29) is 6.54 Å². The van der Waals surface area contributed by atoms with Crippen molar-refractivity contribution in [2.75, 3.05) is 13.7 Å². The summed E-state index contributed by atoms with van der Waals surface area (Å²) < 4.78 is 31.2. The molecule has 118 valence electrons. The van der Waals surface area contributed by atoms with E-state index in [2.05, 4.69) is 0 Å². The van der Waals surface area contributed by atoms with E-state index in [1.807, 2.05) is 0 Å². The van der Waals surface area contributed by atoms with Crippen LogP contribution in [0.25, 0.3) is 0 Å². The van der Waals surface area contributed by atoms with Crippen molar-refractivity contribution < 1.29 is 23.1 Å². The number of ether oxygens (including phenoxy) is 1. The van der Waals surface area contributed by atoms with Crippen molar-refractivity contribution in [2.45, 2.75) is 10.8 Å². The molecule has 0 aliphatic rings. The van der Waals surface area contributed by atoms with Gasteiger partial charge in [0.2, 0.25) is 0 Å². The Bertz CT molecular complexity index is 723. The molecule has 0 atom stereocenters. The molecule has 1 N–H and O–H groups in total. The lowest BCUT2D eigenvalue weighted by atomic mass is 10.2. The molecule has 0 spiro atoms. The number of aliphatic carboxylic acids is 1. The maximum absolute atomic E-state index is 12.3. The molecule has 0 bridgehead atoms. The highest BCUT2D eigenvalue weighted by molar-refractivity contribution is 7.91. The van der Waals surface area contributed by atoms with Gasteiger partial charge in [-0.2, -0.15) is 4.31 Å². The van der Waals surface area contributed by atoms with Crippen LogP contribution in [0.15, 0.2) is 46.0 Å². The highest BCUT2D eigenvalue weighted by Gasteiger charge is 2.21. The molecule has 0 radical (unpaired) electrons. The van der Waals surface area contributed by atoms with E-state index in [9.17, 15) is 13.2 Å². The van der Waals surface area contributed by atoms with Crippen LogP contribution < -0.4 is 4.74 Å². The molecule has 0 amide bonds. The fraction of sp³-hybridized carbons (Fsp3) is 0.214. The van der Waals surface area contributed by atoms with Gasteiger partial charge in [-0.05, 0) is 29.1 Å². The lowest BCUT2D eigenvalue weighted by molar-refractivity contribution is -0.139. The third kappa shape index (κ3) is 4.06. The number of carbonyl (C=O) groups is 1. The molecule has 0 fully saturated rings. The van der Waals surface area contributed by atoms with Crippen LogP contribution in [0.1, 0.15) is 5.56 Å². The maximum Gasteiger partial charge on any atom is 0.341 e. The van der Waals surface area contributed by atoms with Crippen LogP contribution in [-0.4, -0.2) is 37.5 Å². The van der Waals surface area contributed by atoms with Crippen LogP contribution in [0.5, 0.6) is 5.75 Å². The van der Waals surface area contributed by atoms with Gasteiger partial charge in [0, 0.05) is 13.6 Å². The van der Waals surface area contributed by atoms with Gasteiger partial charge in [0.05, 0.1) is 0 Å². The molecule has 2 rings (SSSR count). The van der Waals surface area contributed by atoms with Crippen LogP contribution in [0.4, 0.5) is 0 Å². The average Bonchev–Trinajstić information content (AvgIpc) is 3.01. The zero-order chi connectivity index (χ0) is 16.2.